The van der Waals surface area contributed by atoms with Crippen molar-refractivity contribution in [2.45, 2.75) is 56.8 Å². The maximum absolute atomic E-state index is 5.94. The highest BCUT2D eigenvalue weighted by Gasteiger charge is 2.32. The Labute approximate surface area is 138 Å². The third-order valence-electron chi connectivity index (χ3n) is 5.15. The lowest BCUT2D eigenvalue weighted by Gasteiger charge is -2.32. The Bertz CT molecular complexity index is 493. The van der Waals surface area contributed by atoms with Gasteiger partial charge in [0.05, 0.1) is 19.3 Å². The number of hydrogen-bond acceptors (Lipinski definition) is 6. The first-order valence-electron chi connectivity index (χ1n) is 8.63. The van der Waals surface area contributed by atoms with Gasteiger partial charge in [-0.1, -0.05) is 0 Å². The zero-order chi connectivity index (χ0) is 16.2. The second kappa shape index (κ2) is 7.70. The fraction of sp³-hybridized carbons (Fsp3) is 0.875. The van der Waals surface area contributed by atoms with Gasteiger partial charge in [0.15, 0.2) is 0 Å². The molecule has 2 aliphatic rings. The number of aromatic nitrogens is 3. The van der Waals surface area contributed by atoms with E-state index in [4.69, 9.17) is 15.2 Å². The number of hydrogen-bond donors (Lipinski definition) is 1. The standard InChI is InChI=1S/C16H29N5O2/c1-22-8-7-21-15(11-20-5-3-14(23-2)4-6-20)18-19-16(21)12-9-13(17)10-12/h12-14H,3-11,17H2,1-2H3. The minimum Gasteiger partial charge on any atom is -0.383 e. The highest BCUT2D eigenvalue weighted by atomic mass is 16.5. The van der Waals surface area contributed by atoms with Gasteiger partial charge < -0.3 is 19.8 Å². The number of likely N-dealkylation sites (tertiary alicyclic amines) is 1. The van der Waals surface area contributed by atoms with E-state index in [0.29, 0.717) is 24.7 Å². The highest BCUT2D eigenvalue weighted by Crippen LogP contribution is 2.35. The number of rotatable bonds is 7. The molecule has 0 bridgehead atoms. The van der Waals surface area contributed by atoms with Gasteiger partial charge in [0.25, 0.3) is 0 Å². The molecule has 1 aromatic rings. The van der Waals surface area contributed by atoms with Crippen molar-refractivity contribution in [2.24, 2.45) is 5.73 Å². The van der Waals surface area contributed by atoms with Crippen molar-refractivity contribution in [3.8, 4) is 0 Å². The van der Waals surface area contributed by atoms with E-state index in [-0.39, 0.29) is 0 Å². The molecule has 7 heteroatoms. The SMILES string of the molecule is COCCn1c(CN2CCC(OC)CC2)nnc1C1CC(N)C1. The third-order valence-corrected chi connectivity index (χ3v) is 5.15. The van der Waals surface area contributed by atoms with Gasteiger partial charge in [0.1, 0.15) is 11.6 Å². The van der Waals surface area contributed by atoms with E-state index in [1.807, 2.05) is 0 Å². The Morgan fingerprint density at radius 3 is 2.52 bits per heavy atom. The summed E-state index contributed by atoms with van der Waals surface area (Å²) in [6.45, 7) is 4.46. The fourth-order valence-corrected chi connectivity index (χ4v) is 3.57. The molecule has 0 atom stereocenters. The number of nitrogens with two attached hydrogens (primary N) is 1. The summed E-state index contributed by atoms with van der Waals surface area (Å²) in [6.07, 6.45) is 4.62. The number of nitrogens with zero attached hydrogens (tertiary/aromatic N) is 4. The molecule has 0 amide bonds. The molecule has 1 aliphatic carbocycles. The van der Waals surface area contributed by atoms with E-state index < -0.39 is 0 Å². The Morgan fingerprint density at radius 1 is 1.17 bits per heavy atom. The molecule has 130 valence electrons. The molecule has 1 saturated heterocycles. The van der Waals surface area contributed by atoms with E-state index >= 15 is 0 Å². The van der Waals surface area contributed by atoms with Crippen molar-refractivity contribution in [3.05, 3.63) is 11.6 Å². The van der Waals surface area contributed by atoms with Crippen molar-refractivity contribution in [1.29, 1.82) is 0 Å². The molecule has 2 N–H and O–H groups in total. The lowest BCUT2D eigenvalue weighted by atomic mass is 9.80. The van der Waals surface area contributed by atoms with Gasteiger partial charge in [0, 0.05) is 45.8 Å². The molecular weight excluding hydrogens is 294 g/mol. The van der Waals surface area contributed by atoms with Crippen LogP contribution in [0.15, 0.2) is 0 Å². The van der Waals surface area contributed by atoms with Crippen LogP contribution in [0.5, 0.6) is 0 Å². The number of ether oxygens (including phenoxy) is 2. The van der Waals surface area contributed by atoms with Crippen molar-refractivity contribution in [3.63, 3.8) is 0 Å². The lowest BCUT2D eigenvalue weighted by Crippen LogP contribution is -2.38. The summed E-state index contributed by atoms with van der Waals surface area (Å²) in [7, 11) is 3.54. The van der Waals surface area contributed by atoms with Crippen LogP contribution < -0.4 is 5.73 Å². The van der Waals surface area contributed by atoms with Crippen LogP contribution in [-0.4, -0.2) is 65.7 Å². The zero-order valence-electron chi connectivity index (χ0n) is 14.3. The van der Waals surface area contributed by atoms with Crippen molar-refractivity contribution >= 4 is 0 Å². The normalized spacial score (nSPS) is 26.4. The molecule has 7 nitrogen and oxygen atoms in total. The summed E-state index contributed by atoms with van der Waals surface area (Å²) < 4.78 is 13.0. The average Bonchev–Trinajstić information content (AvgIpc) is 2.92. The van der Waals surface area contributed by atoms with E-state index in [1.165, 1.54) is 0 Å². The predicted octanol–water partition coefficient (Wildman–Crippen LogP) is 0.740. The Hall–Kier alpha value is -1.02. The van der Waals surface area contributed by atoms with Crippen LogP contribution in [0.4, 0.5) is 0 Å². The molecule has 0 radical (unpaired) electrons. The Balaban J connectivity index is 1.66. The van der Waals surface area contributed by atoms with Crippen LogP contribution in [0.2, 0.25) is 0 Å². The van der Waals surface area contributed by atoms with E-state index in [2.05, 4.69) is 19.7 Å². The second-order valence-electron chi connectivity index (χ2n) is 6.76. The largest absolute Gasteiger partial charge is 0.383 e. The van der Waals surface area contributed by atoms with Crippen LogP contribution in [0.3, 0.4) is 0 Å². The topological polar surface area (TPSA) is 78.4 Å². The van der Waals surface area contributed by atoms with E-state index in [1.54, 1.807) is 14.2 Å². The van der Waals surface area contributed by atoms with Gasteiger partial charge in [-0.15, -0.1) is 10.2 Å². The molecule has 1 saturated carbocycles. The van der Waals surface area contributed by atoms with Crippen LogP contribution in [0.1, 0.15) is 43.3 Å². The second-order valence-corrected chi connectivity index (χ2v) is 6.76. The zero-order valence-corrected chi connectivity index (χ0v) is 14.3. The first-order chi connectivity index (χ1) is 11.2. The summed E-state index contributed by atoms with van der Waals surface area (Å²) in [5.74, 6) is 2.60. The molecular formula is C16H29N5O2. The summed E-state index contributed by atoms with van der Waals surface area (Å²) in [6, 6.07) is 0.323. The summed E-state index contributed by atoms with van der Waals surface area (Å²) in [4.78, 5) is 2.44. The Kier molecular flexibility index (Phi) is 5.63. The maximum atomic E-state index is 5.94. The Morgan fingerprint density at radius 2 is 1.91 bits per heavy atom. The fourth-order valence-electron chi connectivity index (χ4n) is 3.57. The van der Waals surface area contributed by atoms with Crippen molar-refractivity contribution < 1.29 is 9.47 Å². The summed E-state index contributed by atoms with van der Waals surface area (Å²) >= 11 is 0. The monoisotopic (exact) mass is 323 g/mol. The van der Waals surface area contributed by atoms with Gasteiger partial charge in [-0.25, -0.2) is 0 Å². The van der Waals surface area contributed by atoms with Crippen molar-refractivity contribution in [2.75, 3.05) is 33.9 Å². The number of piperidine rings is 1. The van der Waals surface area contributed by atoms with Crippen LogP contribution in [-0.2, 0) is 22.6 Å². The van der Waals surface area contributed by atoms with Gasteiger partial charge in [-0.05, 0) is 25.7 Å². The van der Waals surface area contributed by atoms with Gasteiger partial charge in [0.2, 0.25) is 0 Å². The van der Waals surface area contributed by atoms with Gasteiger partial charge >= 0.3 is 0 Å². The number of methoxy groups -OCH3 is 2. The predicted molar refractivity (Wildman–Crippen MR) is 87.2 cm³/mol. The lowest BCUT2D eigenvalue weighted by molar-refractivity contribution is 0.0376. The van der Waals surface area contributed by atoms with E-state index in [0.717, 1.165) is 63.5 Å². The first-order valence-corrected chi connectivity index (χ1v) is 8.63. The quantitative estimate of drug-likeness (QED) is 0.797. The van der Waals surface area contributed by atoms with Gasteiger partial charge in [-0.2, -0.15) is 0 Å². The molecule has 2 heterocycles. The third kappa shape index (κ3) is 3.91. The molecule has 0 spiro atoms. The van der Waals surface area contributed by atoms with E-state index in [9.17, 15) is 0 Å². The average molecular weight is 323 g/mol. The molecule has 1 aromatic heterocycles. The van der Waals surface area contributed by atoms with Crippen LogP contribution in [0.25, 0.3) is 0 Å². The van der Waals surface area contributed by atoms with Gasteiger partial charge in [-0.3, -0.25) is 4.90 Å². The van der Waals surface area contributed by atoms with Crippen molar-refractivity contribution in [1.82, 2.24) is 19.7 Å². The molecule has 3 rings (SSSR count). The maximum Gasteiger partial charge on any atom is 0.147 e. The minimum atomic E-state index is 0.323. The first kappa shape index (κ1) is 16.8. The molecule has 1 aliphatic heterocycles. The molecule has 0 unspecified atom stereocenters. The molecule has 0 aromatic carbocycles. The minimum absolute atomic E-state index is 0.323. The summed E-state index contributed by atoms with van der Waals surface area (Å²) in [5.41, 5.74) is 5.94. The summed E-state index contributed by atoms with van der Waals surface area (Å²) in [5, 5.41) is 8.95. The van der Waals surface area contributed by atoms with Crippen LogP contribution in [0, 0.1) is 0 Å². The molecule has 2 fully saturated rings. The molecule has 23 heavy (non-hydrogen) atoms. The highest BCUT2D eigenvalue weighted by molar-refractivity contribution is 5.09. The van der Waals surface area contributed by atoms with Crippen LogP contribution >= 0.6 is 0 Å². The smallest absolute Gasteiger partial charge is 0.147 e.